The highest BCUT2D eigenvalue weighted by Gasteiger charge is 2.20. The third kappa shape index (κ3) is 2.83. The Kier molecular flexibility index (Phi) is 4.29. The van der Waals surface area contributed by atoms with Crippen LogP contribution in [0.2, 0.25) is 0 Å². The Labute approximate surface area is 118 Å². The highest BCUT2D eigenvalue weighted by atomic mass is 79.9. The van der Waals surface area contributed by atoms with Crippen molar-refractivity contribution in [2.45, 2.75) is 13.0 Å². The zero-order chi connectivity index (χ0) is 14.0. The third-order valence-corrected chi connectivity index (χ3v) is 3.54. The van der Waals surface area contributed by atoms with Gasteiger partial charge < -0.3 is 0 Å². The van der Waals surface area contributed by atoms with Crippen LogP contribution >= 0.6 is 15.9 Å². The fourth-order valence-electron chi connectivity index (χ4n) is 1.96. The normalized spacial score (nSPS) is 12.5. The number of rotatable bonds is 3. The largest absolute Gasteiger partial charge is 0.271 e. The Balaban J connectivity index is 2.53. The summed E-state index contributed by atoms with van der Waals surface area (Å²) in [5, 5.41) is 0. The standard InChI is InChI=1S/C14H13BrF2N2/c1-8-5-6-9(12(16)7-8)14(19-18)10-3-2-4-11(15)13(10)17/h2-7,14,19H,18H2,1H3. The lowest BCUT2D eigenvalue weighted by molar-refractivity contribution is 0.528. The number of hydrogen-bond acceptors (Lipinski definition) is 2. The predicted octanol–water partition coefficient (Wildman–Crippen LogP) is 3.59. The average Bonchev–Trinajstić information content (AvgIpc) is 2.37. The van der Waals surface area contributed by atoms with Crippen molar-refractivity contribution < 1.29 is 8.78 Å². The van der Waals surface area contributed by atoms with Crippen molar-refractivity contribution in [2.24, 2.45) is 5.84 Å². The van der Waals surface area contributed by atoms with Crippen LogP contribution in [-0.2, 0) is 0 Å². The third-order valence-electron chi connectivity index (χ3n) is 2.93. The van der Waals surface area contributed by atoms with Crippen molar-refractivity contribution in [1.29, 1.82) is 0 Å². The average molecular weight is 327 g/mol. The quantitative estimate of drug-likeness (QED) is 0.668. The van der Waals surface area contributed by atoms with Crippen LogP contribution in [0, 0.1) is 18.6 Å². The highest BCUT2D eigenvalue weighted by Crippen LogP contribution is 2.29. The van der Waals surface area contributed by atoms with E-state index in [1.807, 2.05) is 0 Å². The molecule has 2 aromatic carbocycles. The molecule has 1 atom stereocenters. The molecule has 0 fully saturated rings. The van der Waals surface area contributed by atoms with E-state index >= 15 is 0 Å². The van der Waals surface area contributed by atoms with Crippen LogP contribution in [0.1, 0.15) is 22.7 Å². The van der Waals surface area contributed by atoms with Crippen LogP contribution in [0.15, 0.2) is 40.9 Å². The van der Waals surface area contributed by atoms with Gasteiger partial charge in [-0.15, -0.1) is 0 Å². The maximum Gasteiger partial charge on any atom is 0.142 e. The molecule has 0 aliphatic carbocycles. The smallest absolute Gasteiger partial charge is 0.142 e. The van der Waals surface area contributed by atoms with Crippen LogP contribution in [0.5, 0.6) is 0 Å². The van der Waals surface area contributed by atoms with Gasteiger partial charge in [-0.2, -0.15) is 0 Å². The predicted molar refractivity (Wildman–Crippen MR) is 74.4 cm³/mol. The number of hydrogen-bond donors (Lipinski definition) is 2. The summed E-state index contributed by atoms with van der Waals surface area (Å²) in [5.74, 6) is 4.60. The fraction of sp³-hybridized carbons (Fsp3) is 0.143. The Morgan fingerprint density at radius 1 is 1.16 bits per heavy atom. The fourth-order valence-corrected chi connectivity index (χ4v) is 2.34. The van der Waals surface area contributed by atoms with Crippen LogP contribution in [0.25, 0.3) is 0 Å². The van der Waals surface area contributed by atoms with Gasteiger partial charge in [0.25, 0.3) is 0 Å². The lowest BCUT2D eigenvalue weighted by atomic mass is 9.97. The van der Waals surface area contributed by atoms with Gasteiger partial charge in [0, 0.05) is 11.1 Å². The van der Waals surface area contributed by atoms with E-state index in [9.17, 15) is 8.78 Å². The molecule has 0 saturated carbocycles. The molecule has 0 saturated heterocycles. The topological polar surface area (TPSA) is 38.0 Å². The summed E-state index contributed by atoms with van der Waals surface area (Å²) < 4.78 is 28.4. The van der Waals surface area contributed by atoms with E-state index in [2.05, 4.69) is 21.4 Å². The molecule has 2 aromatic rings. The van der Waals surface area contributed by atoms with Crippen molar-refractivity contribution in [2.75, 3.05) is 0 Å². The van der Waals surface area contributed by atoms with E-state index in [4.69, 9.17) is 5.84 Å². The van der Waals surface area contributed by atoms with Crippen LogP contribution in [0.3, 0.4) is 0 Å². The number of halogens is 3. The molecular weight excluding hydrogens is 314 g/mol. The van der Waals surface area contributed by atoms with Gasteiger partial charge in [0.15, 0.2) is 0 Å². The molecule has 0 spiro atoms. The Morgan fingerprint density at radius 2 is 1.89 bits per heavy atom. The lowest BCUT2D eigenvalue weighted by Gasteiger charge is -2.19. The number of aryl methyl sites for hydroxylation is 1. The van der Waals surface area contributed by atoms with Gasteiger partial charge in [-0.1, -0.05) is 24.3 Å². The molecule has 0 aliphatic heterocycles. The minimum absolute atomic E-state index is 0.291. The number of nitrogens with one attached hydrogen (secondary N) is 1. The molecule has 0 aliphatic rings. The zero-order valence-electron chi connectivity index (χ0n) is 10.3. The summed E-state index contributed by atoms with van der Waals surface area (Å²) in [6.45, 7) is 1.79. The molecular formula is C14H13BrF2N2. The minimum atomic E-state index is -0.738. The van der Waals surface area contributed by atoms with Gasteiger partial charge in [-0.25, -0.2) is 14.2 Å². The first-order chi connectivity index (χ1) is 9.04. The molecule has 5 heteroatoms. The maximum atomic E-state index is 14.1. The molecule has 0 amide bonds. The molecule has 2 nitrogen and oxygen atoms in total. The second kappa shape index (κ2) is 5.77. The monoisotopic (exact) mass is 326 g/mol. The van der Waals surface area contributed by atoms with Crippen molar-refractivity contribution in [3.8, 4) is 0 Å². The number of hydrazine groups is 1. The summed E-state index contributed by atoms with van der Waals surface area (Å²) in [7, 11) is 0. The molecule has 1 unspecified atom stereocenters. The van der Waals surface area contributed by atoms with Gasteiger partial charge in [-0.3, -0.25) is 5.84 Å². The van der Waals surface area contributed by atoms with Gasteiger partial charge in [0.05, 0.1) is 10.5 Å². The van der Waals surface area contributed by atoms with E-state index in [-0.39, 0.29) is 0 Å². The molecule has 2 rings (SSSR count). The molecule has 3 N–H and O–H groups in total. The maximum absolute atomic E-state index is 14.1. The molecule has 0 radical (unpaired) electrons. The van der Waals surface area contributed by atoms with E-state index in [0.29, 0.717) is 15.6 Å². The first-order valence-corrected chi connectivity index (χ1v) is 6.50. The SMILES string of the molecule is Cc1ccc(C(NN)c2cccc(Br)c2F)c(F)c1. The van der Waals surface area contributed by atoms with Crippen molar-refractivity contribution in [3.63, 3.8) is 0 Å². The van der Waals surface area contributed by atoms with Gasteiger partial charge in [-0.05, 0) is 40.5 Å². The molecule has 19 heavy (non-hydrogen) atoms. The first-order valence-electron chi connectivity index (χ1n) is 5.70. The van der Waals surface area contributed by atoms with E-state index in [1.54, 1.807) is 37.3 Å². The summed E-state index contributed by atoms with van der Waals surface area (Å²) >= 11 is 3.11. The summed E-state index contributed by atoms with van der Waals surface area (Å²) in [5.41, 5.74) is 3.86. The van der Waals surface area contributed by atoms with Crippen molar-refractivity contribution >= 4 is 15.9 Å². The zero-order valence-corrected chi connectivity index (χ0v) is 11.8. The molecule has 0 heterocycles. The molecule has 100 valence electrons. The van der Waals surface area contributed by atoms with Gasteiger partial charge >= 0.3 is 0 Å². The Hall–Kier alpha value is -1.30. The van der Waals surface area contributed by atoms with Crippen LogP contribution in [-0.4, -0.2) is 0 Å². The second-order valence-corrected chi connectivity index (χ2v) is 5.12. The van der Waals surface area contributed by atoms with E-state index < -0.39 is 17.7 Å². The summed E-state index contributed by atoms with van der Waals surface area (Å²) in [4.78, 5) is 0. The second-order valence-electron chi connectivity index (χ2n) is 4.27. The van der Waals surface area contributed by atoms with Gasteiger partial charge in [0.1, 0.15) is 11.6 Å². The first kappa shape index (κ1) is 14.1. The highest BCUT2D eigenvalue weighted by molar-refractivity contribution is 9.10. The summed E-state index contributed by atoms with van der Waals surface area (Å²) in [6.07, 6.45) is 0. The minimum Gasteiger partial charge on any atom is -0.271 e. The van der Waals surface area contributed by atoms with Crippen LogP contribution < -0.4 is 11.3 Å². The molecule has 0 aromatic heterocycles. The van der Waals surface area contributed by atoms with Gasteiger partial charge in [0.2, 0.25) is 0 Å². The lowest BCUT2D eigenvalue weighted by Crippen LogP contribution is -2.30. The number of nitrogens with two attached hydrogens (primary N) is 1. The van der Waals surface area contributed by atoms with Crippen LogP contribution in [0.4, 0.5) is 8.78 Å². The Bertz CT molecular complexity index is 602. The number of benzene rings is 2. The molecule has 0 bridgehead atoms. The Morgan fingerprint density at radius 3 is 2.53 bits per heavy atom. The van der Waals surface area contributed by atoms with E-state index in [0.717, 1.165) is 5.56 Å². The van der Waals surface area contributed by atoms with Crippen molar-refractivity contribution in [1.82, 2.24) is 5.43 Å². The van der Waals surface area contributed by atoms with E-state index in [1.165, 1.54) is 6.07 Å². The van der Waals surface area contributed by atoms with Crippen molar-refractivity contribution in [3.05, 3.63) is 69.2 Å². The summed E-state index contributed by atoms with van der Waals surface area (Å²) in [6, 6.07) is 8.86.